The van der Waals surface area contributed by atoms with Gasteiger partial charge in [-0.05, 0) is 69.5 Å². The lowest BCUT2D eigenvalue weighted by Gasteiger charge is -2.46. The van der Waals surface area contributed by atoms with E-state index in [1.807, 2.05) is 0 Å². The Labute approximate surface area is 123 Å². The highest BCUT2D eigenvalue weighted by molar-refractivity contribution is 5.85. The SMILES string of the molecule is C1CN(CC2CCNCC2)CC2(C1)CCOCC2.Cl. The van der Waals surface area contributed by atoms with Gasteiger partial charge in [0.2, 0.25) is 0 Å². The third-order valence-electron chi connectivity index (χ3n) is 5.27. The van der Waals surface area contributed by atoms with Crippen LogP contribution in [0.5, 0.6) is 0 Å². The summed E-state index contributed by atoms with van der Waals surface area (Å²) in [6.45, 7) is 8.51. The molecule has 0 bridgehead atoms. The average molecular weight is 289 g/mol. The van der Waals surface area contributed by atoms with Gasteiger partial charge in [0.15, 0.2) is 0 Å². The van der Waals surface area contributed by atoms with E-state index in [1.54, 1.807) is 0 Å². The summed E-state index contributed by atoms with van der Waals surface area (Å²) in [6.07, 6.45) is 8.22. The lowest BCUT2D eigenvalue weighted by molar-refractivity contribution is -0.0309. The number of hydrogen-bond acceptors (Lipinski definition) is 3. The predicted molar refractivity (Wildman–Crippen MR) is 81.0 cm³/mol. The van der Waals surface area contributed by atoms with Gasteiger partial charge in [-0.1, -0.05) is 0 Å². The summed E-state index contributed by atoms with van der Waals surface area (Å²) in [5, 5.41) is 3.47. The molecule has 0 aromatic rings. The normalized spacial score (nSPS) is 29.1. The molecule has 3 heterocycles. The molecule has 0 unspecified atom stereocenters. The molecule has 4 heteroatoms. The van der Waals surface area contributed by atoms with Crippen molar-refractivity contribution >= 4 is 12.4 Å². The Balaban J connectivity index is 0.00000133. The number of hydrogen-bond donors (Lipinski definition) is 1. The highest BCUT2D eigenvalue weighted by Crippen LogP contribution is 2.39. The molecule has 3 rings (SSSR count). The number of halogens is 1. The maximum absolute atomic E-state index is 5.56. The van der Waals surface area contributed by atoms with Crippen molar-refractivity contribution in [2.45, 2.75) is 38.5 Å². The largest absolute Gasteiger partial charge is 0.381 e. The first-order chi connectivity index (χ1) is 8.86. The Morgan fingerprint density at radius 1 is 1.11 bits per heavy atom. The maximum Gasteiger partial charge on any atom is 0.0471 e. The molecule has 1 N–H and O–H groups in total. The van der Waals surface area contributed by atoms with E-state index in [2.05, 4.69) is 10.2 Å². The minimum Gasteiger partial charge on any atom is -0.381 e. The number of nitrogens with zero attached hydrogens (tertiary/aromatic N) is 1. The van der Waals surface area contributed by atoms with Crippen LogP contribution < -0.4 is 5.32 Å². The fourth-order valence-electron chi connectivity index (χ4n) is 4.11. The van der Waals surface area contributed by atoms with E-state index < -0.39 is 0 Å². The summed E-state index contributed by atoms with van der Waals surface area (Å²) in [7, 11) is 0. The van der Waals surface area contributed by atoms with Gasteiger partial charge >= 0.3 is 0 Å². The quantitative estimate of drug-likeness (QED) is 0.844. The van der Waals surface area contributed by atoms with Crippen LogP contribution in [0.4, 0.5) is 0 Å². The summed E-state index contributed by atoms with van der Waals surface area (Å²) < 4.78 is 5.56. The number of ether oxygens (including phenoxy) is 1. The molecule has 0 aromatic carbocycles. The zero-order valence-corrected chi connectivity index (χ0v) is 12.8. The van der Waals surface area contributed by atoms with Crippen LogP contribution >= 0.6 is 12.4 Å². The van der Waals surface area contributed by atoms with Gasteiger partial charge in [-0.2, -0.15) is 0 Å². The summed E-state index contributed by atoms with van der Waals surface area (Å²) in [6, 6.07) is 0. The molecule has 0 atom stereocenters. The van der Waals surface area contributed by atoms with Crippen molar-refractivity contribution in [2.24, 2.45) is 11.3 Å². The van der Waals surface area contributed by atoms with Gasteiger partial charge in [0, 0.05) is 26.3 Å². The molecule has 19 heavy (non-hydrogen) atoms. The van der Waals surface area contributed by atoms with Crippen molar-refractivity contribution in [3.8, 4) is 0 Å². The highest BCUT2D eigenvalue weighted by atomic mass is 35.5. The Hall–Kier alpha value is 0.170. The second kappa shape index (κ2) is 7.26. The maximum atomic E-state index is 5.56. The van der Waals surface area contributed by atoms with Gasteiger partial charge < -0.3 is 15.0 Å². The number of piperidine rings is 2. The molecule has 0 amide bonds. The minimum absolute atomic E-state index is 0. The summed E-state index contributed by atoms with van der Waals surface area (Å²) in [5.74, 6) is 0.946. The predicted octanol–water partition coefficient (Wildman–Crippen LogP) is 2.30. The Morgan fingerprint density at radius 3 is 2.58 bits per heavy atom. The molecular weight excluding hydrogens is 260 g/mol. The van der Waals surface area contributed by atoms with Crippen LogP contribution in [-0.2, 0) is 4.74 Å². The van der Waals surface area contributed by atoms with E-state index in [0.717, 1.165) is 19.1 Å². The van der Waals surface area contributed by atoms with Crippen molar-refractivity contribution in [1.82, 2.24) is 10.2 Å². The highest BCUT2D eigenvalue weighted by Gasteiger charge is 2.37. The van der Waals surface area contributed by atoms with Crippen LogP contribution in [0.1, 0.15) is 38.5 Å². The van der Waals surface area contributed by atoms with Crippen LogP contribution in [-0.4, -0.2) is 50.8 Å². The van der Waals surface area contributed by atoms with Crippen molar-refractivity contribution in [2.75, 3.05) is 45.9 Å². The molecule has 112 valence electrons. The van der Waals surface area contributed by atoms with E-state index >= 15 is 0 Å². The average Bonchev–Trinajstić information content (AvgIpc) is 2.41. The van der Waals surface area contributed by atoms with Gasteiger partial charge in [-0.3, -0.25) is 0 Å². The molecule has 3 aliphatic heterocycles. The summed E-state index contributed by atoms with van der Waals surface area (Å²) in [4.78, 5) is 2.77. The van der Waals surface area contributed by atoms with Gasteiger partial charge in [-0.15, -0.1) is 12.4 Å². The number of likely N-dealkylation sites (tertiary alicyclic amines) is 1. The van der Waals surface area contributed by atoms with E-state index in [9.17, 15) is 0 Å². The number of nitrogens with one attached hydrogen (secondary N) is 1. The Morgan fingerprint density at radius 2 is 1.84 bits per heavy atom. The van der Waals surface area contributed by atoms with Crippen molar-refractivity contribution in [3.05, 3.63) is 0 Å². The smallest absolute Gasteiger partial charge is 0.0471 e. The van der Waals surface area contributed by atoms with Crippen molar-refractivity contribution < 1.29 is 4.74 Å². The fraction of sp³-hybridized carbons (Fsp3) is 1.00. The zero-order chi connectivity index (χ0) is 12.3. The molecular formula is C15H29ClN2O. The van der Waals surface area contributed by atoms with Crippen LogP contribution in [0.15, 0.2) is 0 Å². The monoisotopic (exact) mass is 288 g/mol. The van der Waals surface area contributed by atoms with E-state index in [0.29, 0.717) is 5.41 Å². The summed E-state index contributed by atoms with van der Waals surface area (Å²) in [5.41, 5.74) is 0.615. The Bertz CT molecular complexity index is 257. The number of rotatable bonds is 2. The van der Waals surface area contributed by atoms with E-state index in [1.165, 1.54) is 71.2 Å². The molecule has 0 aromatic heterocycles. The van der Waals surface area contributed by atoms with Gasteiger partial charge in [0.1, 0.15) is 0 Å². The van der Waals surface area contributed by atoms with Crippen LogP contribution in [0.2, 0.25) is 0 Å². The van der Waals surface area contributed by atoms with Gasteiger partial charge in [0.25, 0.3) is 0 Å². The van der Waals surface area contributed by atoms with E-state index in [-0.39, 0.29) is 12.4 Å². The lowest BCUT2D eigenvalue weighted by Crippen LogP contribution is -2.48. The second-order valence-electron chi connectivity index (χ2n) is 6.64. The first kappa shape index (κ1) is 15.6. The third-order valence-corrected chi connectivity index (χ3v) is 5.27. The molecule has 0 radical (unpaired) electrons. The third kappa shape index (κ3) is 4.07. The van der Waals surface area contributed by atoms with Crippen LogP contribution in [0, 0.1) is 11.3 Å². The molecule has 1 spiro atoms. The first-order valence-corrected chi connectivity index (χ1v) is 7.87. The van der Waals surface area contributed by atoms with Gasteiger partial charge in [0.05, 0.1) is 0 Å². The molecule has 3 aliphatic rings. The van der Waals surface area contributed by atoms with Crippen LogP contribution in [0.3, 0.4) is 0 Å². The fourth-order valence-corrected chi connectivity index (χ4v) is 4.11. The molecule has 3 fully saturated rings. The van der Waals surface area contributed by atoms with E-state index in [4.69, 9.17) is 4.74 Å². The first-order valence-electron chi connectivity index (χ1n) is 7.87. The molecule has 3 nitrogen and oxygen atoms in total. The molecule has 0 aliphatic carbocycles. The van der Waals surface area contributed by atoms with Crippen LogP contribution in [0.25, 0.3) is 0 Å². The lowest BCUT2D eigenvalue weighted by atomic mass is 9.73. The zero-order valence-electron chi connectivity index (χ0n) is 12.0. The minimum atomic E-state index is 0. The second-order valence-corrected chi connectivity index (χ2v) is 6.64. The standard InChI is InChI=1S/C15H28N2O.ClH/c1-4-15(5-10-18-11-6-15)13-17(9-1)12-14-2-7-16-8-3-14;/h14,16H,1-13H2;1H. The van der Waals surface area contributed by atoms with Crippen molar-refractivity contribution in [3.63, 3.8) is 0 Å². The molecule has 3 saturated heterocycles. The Kier molecular flexibility index (Phi) is 5.94. The van der Waals surface area contributed by atoms with Gasteiger partial charge in [-0.25, -0.2) is 0 Å². The molecule has 0 saturated carbocycles. The van der Waals surface area contributed by atoms with Crippen molar-refractivity contribution in [1.29, 1.82) is 0 Å². The summed E-state index contributed by atoms with van der Waals surface area (Å²) >= 11 is 0. The topological polar surface area (TPSA) is 24.5 Å².